The second kappa shape index (κ2) is 7.45. The molecular formula is C14H22ClN3O2. The summed E-state index contributed by atoms with van der Waals surface area (Å²) in [6.45, 7) is 1.35. The van der Waals surface area contributed by atoms with Crippen LogP contribution in [0.1, 0.15) is 36.0 Å². The van der Waals surface area contributed by atoms with Crippen LogP contribution in [0.15, 0.2) is 23.1 Å². The zero-order valence-electron chi connectivity index (χ0n) is 11.7. The first-order valence-electron chi connectivity index (χ1n) is 6.81. The lowest BCUT2D eigenvalue weighted by Crippen LogP contribution is -2.44. The molecule has 1 aromatic rings. The number of pyridine rings is 1. The summed E-state index contributed by atoms with van der Waals surface area (Å²) in [7, 11) is 1.68. The van der Waals surface area contributed by atoms with Gasteiger partial charge in [0, 0.05) is 37.5 Å². The Bertz CT molecular complexity index is 513. The summed E-state index contributed by atoms with van der Waals surface area (Å²) in [6.07, 6.45) is 5.64. The van der Waals surface area contributed by atoms with Gasteiger partial charge in [0.05, 0.1) is 0 Å². The van der Waals surface area contributed by atoms with Gasteiger partial charge < -0.3 is 15.2 Å². The van der Waals surface area contributed by atoms with E-state index >= 15 is 0 Å². The van der Waals surface area contributed by atoms with E-state index in [9.17, 15) is 9.59 Å². The third-order valence-electron chi connectivity index (χ3n) is 3.74. The molecule has 1 unspecified atom stereocenters. The van der Waals surface area contributed by atoms with Crippen LogP contribution in [0, 0.1) is 0 Å². The summed E-state index contributed by atoms with van der Waals surface area (Å²) in [5.41, 5.74) is 5.94. The largest absolute Gasteiger partial charge is 0.336 e. The monoisotopic (exact) mass is 299 g/mol. The smallest absolute Gasteiger partial charge is 0.254 e. The molecule has 1 aliphatic rings. The number of rotatable bonds is 3. The highest BCUT2D eigenvalue weighted by Crippen LogP contribution is 2.21. The van der Waals surface area contributed by atoms with E-state index in [1.807, 2.05) is 4.90 Å². The minimum Gasteiger partial charge on any atom is -0.336 e. The Hall–Kier alpha value is -1.33. The minimum absolute atomic E-state index is 0. The topological polar surface area (TPSA) is 68.3 Å². The van der Waals surface area contributed by atoms with Crippen LogP contribution in [-0.4, -0.2) is 34.5 Å². The lowest BCUT2D eigenvalue weighted by molar-refractivity contribution is 0.0604. The Morgan fingerprint density at radius 3 is 2.85 bits per heavy atom. The highest BCUT2D eigenvalue weighted by molar-refractivity contribution is 5.94. The van der Waals surface area contributed by atoms with E-state index in [0.717, 1.165) is 32.2 Å². The van der Waals surface area contributed by atoms with Crippen LogP contribution in [0.5, 0.6) is 0 Å². The standard InChI is InChI=1S/C14H21N3O2.ClH/c1-16-9-6-11(10-13(16)18)14(19)17-8-3-2-4-12(17)5-7-15;/h6,9-10,12H,2-5,7-8,15H2,1H3;1H. The molecule has 1 aliphatic heterocycles. The SMILES string of the molecule is Cl.Cn1ccc(C(=O)N2CCCCC2CCN)cc1=O. The quantitative estimate of drug-likeness (QED) is 0.910. The second-order valence-corrected chi connectivity index (χ2v) is 5.09. The van der Waals surface area contributed by atoms with Gasteiger partial charge in [0.15, 0.2) is 0 Å². The molecule has 0 bridgehead atoms. The highest BCUT2D eigenvalue weighted by Gasteiger charge is 2.26. The van der Waals surface area contributed by atoms with Crippen LogP contribution in [0.3, 0.4) is 0 Å². The number of hydrogen-bond acceptors (Lipinski definition) is 3. The first-order valence-corrected chi connectivity index (χ1v) is 6.81. The van der Waals surface area contributed by atoms with Crippen molar-refractivity contribution in [3.8, 4) is 0 Å². The lowest BCUT2D eigenvalue weighted by atomic mass is 9.98. The van der Waals surface area contributed by atoms with E-state index in [0.29, 0.717) is 12.1 Å². The predicted octanol–water partition coefficient (Wildman–Crippen LogP) is 1.15. The van der Waals surface area contributed by atoms with Gasteiger partial charge >= 0.3 is 0 Å². The third kappa shape index (κ3) is 3.61. The molecule has 20 heavy (non-hydrogen) atoms. The molecule has 1 saturated heterocycles. The maximum Gasteiger partial charge on any atom is 0.254 e. The van der Waals surface area contributed by atoms with Gasteiger partial charge in [-0.1, -0.05) is 0 Å². The number of amides is 1. The predicted molar refractivity (Wildman–Crippen MR) is 81.3 cm³/mol. The van der Waals surface area contributed by atoms with Crippen LogP contribution in [0.2, 0.25) is 0 Å². The molecule has 5 nitrogen and oxygen atoms in total. The Morgan fingerprint density at radius 1 is 1.45 bits per heavy atom. The van der Waals surface area contributed by atoms with Gasteiger partial charge in [0.25, 0.3) is 11.5 Å². The molecule has 1 amide bonds. The number of carbonyl (C=O) groups is 1. The lowest BCUT2D eigenvalue weighted by Gasteiger charge is -2.35. The van der Waals surface area contributed by atoms with E-state index in [-0.39, 0.29) is 29.9 Å². The first kappa shape index (κ1) is 16.7. The Balaban J connectivity index is 0.00000200. The van der Waals surface area contributed by atoms with Crippen molar-refractivity contribution in [3.63, 3.8) is 0 Å². The summed E-state index contributed by atoms with van der Waals surface area (Å²) in [5, 5.41) is 0. The van der Waals surface area contributed by atoms with Gasteiger partial charge in [-0.2, -0.15) is 0 Å². The van der Waals surface area contributed by atoms with Crippen molar-refractivity contribution in [2.24, 2.45) is 12.8 Å². The third-order valence-corrected chi connectivity index (χ3v) is 3.74. The fourth-order valence-electron chi connectivity index (χ4n) is 2.61. The number of hydrogen-bond donors (Lipinski definition) is 1. The van der Waals surface area contributed by atoms with Crippen molar-refractivity contribution in [2.45, 2.75) is 31.7 Å². The Morgan fingerprint density at radius 2 is 2.20 bits per heavy atom. The van der Waals surface area contributed by atoms with Crippen molar-refractivity contribution >= 4 is 18.3 Å². The molecule has 0 saturated carbocycles. The molecule has 1 aromatic heterocycles. The number of aryl methyl sites for hydroxylation is 1. The number of piperidine rings is 1. The van der Waals surface area contributed by atoms with E-state index < -0.39 is 0 Å². The Kier molecular flexibility index (Phi) is 6.23. The number of nitrogens with zero attached hydrogens (tertiary/aromatic N) is 2. The van der Waals surface area contributed by atoms with Crippen molar-refractivity contribution < 1.29 is 4.79 Å². The summed E-state index contributed by atoms with van der Waals surface area (Å²) in [6, 6.07) is 3.34. The fourth-order valence-corrected chi connectivity index (χ4v) is 2.61. The van der Waals surface area contributed by atoms with Crippen LogP contribution in [0.25, 0.3) is 0 Å². The normalized spacial score (nSPS) is 18.5. The van der Waals surface area contributed by atoms with Gasteiger partial charge in [-0.25, -0.2) is 0 Å². The molecule has 2 heterocycles. The van der Waals surface area contributed by atoms with Crippen molar-refractivity contribution in [2.75, 3.05) is 13.1 Å². The number of carbonyl (C=O) groups excluding carboxylic acids is 1. The van der Waals surface area contributed by atoms with Crippen molar-refractivity contribution in [1.29, 1.82) is 0 Å². The van der Waals surface area contributed by atoms with Crippen LogP contribution in [-0.2, 0) is 7.05 Å². The van der Waals surface area contributed by atoms with E-state index in [1.54, 1.807) is 19.3 Å². The molecule has 0 aliphatic carbocycles. The van der Waals surface area contributed by atoms with Gasteiger partial charge in [-0.3, -0.25) is 9.59 Å². The Labute approximate surface area is 125 Å². The number of likely N-dealkylation sites (tertiary alicyclic amines) is 1. The molecule has 112 valence electrons. The number of aromatic nitrogens is 1. The van der Waals surface area contributed by atoms with Crippen LogP contribution in [0.4, 0.5) is 0 Å². The second-order valence-electron chi connectivity index (χ2n) is 5.09. The summed E-state index contributed by atoms with van der Waals surface area (Å²) in [5.74, 6) is -0.0455. The van der Waals surface area contributed by atoms with Gasteiger partial charge in [0.1, 0.15) is 0 Å². The van der Waals surface area contributed by atoms with Crippen LogP contribution >= 0.6 is 12.4 Å². The van der Waals surface area contributed by atoms with Gasteiger partial charge in [-0.05, 0) is 38.3 Å². The maximum atomic E-state index is 12.5. The molecule has 2 N–H and O–H groups in total. The zero-order chi connectivity index (χ0) is 13.8. The average Bonchev–Trinajstić information content (AvgIpc) is 2.42. The fraction of sp³-hybridized carbons (Fsp3) is 0.571. The van der Waals surface area contributed by atoms with Crippen molar-refractivity contribution in [3.05, 3.63) is 34.2 Å². The first-order chi connectivity index (χ1) is 9.13. The summed E-state index contributed by atoms with van der Waals surface area (Å²) >= 11 is 0. The molecule has 0 aromatic carbocycles. The van der Waals surface area contributed by atoms with Gasteiger partial charge in [-0.15, -0.1) is 12.4 Å². The minimum atomic E-state index is -0.154. The summed E-state index contributed by atoms with van der Waals surface area (Å²) < 4.78 is 1.46. The summed E-state index contributed by atoms with van der Waals surface area (Å²) in [4.78, 5) is 26.0. The number of nitrogens with two attached hydrogens (primary N) is 1. The molecule has 6 heteroatoms. The highest BCUT2D eigenvalue weighted by atomic mass is 35.5. The molecular weight excluding hydrogens is 278 g/mol. The van der Waals surface area contributed by atoms with E-state index in [2.05, 4.69) is 0 Å². The van der Waals surface area contributed by atoms with Gasteiger partial charge in [0.2, 0.25) is 0 Å². The zero-order valence-corrected chi connectivity index (χ0v) is 12.6. The number of halogens is 1. The molecule has 0 radical (unpaired) electrons. The van der Waals surface area contributed by atoms with Crippen LogP contribution < -0.4 is 11.3 Å². The molecule has 1 fully saturated rings. The molecule has 1 atom stereocenters. The molecule has 2 rings (SSSR count). The molecule has 0 spiro atoms. The maximum absolute atomic E-state index is 12.5. The van der Waals surface area contributed by atoms with Crippen molar-refractivity contribution in [1.82, 2.24) is 9.47 Å². The van der Waals surface area contributed by atoms with E-state index in [1.165, 1.54) is 10.6 Å². The average molecular weight is 300 g/mol. The van der Waals surface area contributed by atoms with E-state index in [4.69, 9.17) is 5.73 Å².